The van der Waals surface area contributed by atoms with Crippen molar-refractivity contribution in [3.8, 4) is 0 Å². The number of fused-ring (bicyclic) bond motifs is 1. The van der Waals surface area contributed by atoms with Crippen molar-refractivity contribution in [1.29, 1.82) is 0 Å². The molecule has 1 aliphatic heterocycles. The SMILES string of the molecule is c1ccc(N2C(=C3CCCCC3)C2c2nc3ccccc3s2)cc1. The van der Waals surface area contributed by atoms with Crippen molar-refractivity contribution >= 4 is 27.2 Å². The summed E-state index contributed by atoms with van der Waals surface area (Å²) in [5.74, 6) is 0. The molecule has 120 valence electrons. The van der Waals surface area contributed by atoms with E-state index < -0.39 is 0 Å². The van der Waals surface area contributed by atoms with E-state index in [2.05, 4.69) is 59.5 Å². The fourth-order valence-electron chi connectivity index (χ4n) is 3.90. The Morgan fingerprint density at radius 3 is 2.42 bits per heavy atom. The fourth-order valence-corrected chi connectivity index (χ4v) is 4.97. The minimum Gasteiger partial charge on any atom is -0.327 e. The maximum Gasteiger partial charge on any atom is 0.126 e. The van der Waals surface area contributed by atoms with Gasteiger partial charge >= 0.3 is 0 Å². The van der Waals surface area contributed by atoms with E-state index >= 15 is 0 Å². The summed E-state index contributed by atoms with van der Waals surface area (Å²) < 4.78 is 1.29. The lowest BCUT2D eigenvalue weighted by atomic mass is 9.94. The average Bonchev–Trinajstić information content (AvgIpc) is 3.26. The summed E-state index contributed by atoms with van der Waals surface area (Å²) in [6, 6.07) is 19.6. The molecule has 1 unspecified atom stereocenters. The van der Waals surface area contributed by atoms with Crippen LogP contribution in [0, 0.1) is 0 Å². The lowest BCUT2D eigenvalue weighted by Gasteiger charge is -2.13. The topological polar surface area (TPSA) is 15.9 Å². The number of nitrogens with zero attached hydrogens (tertiary/aromatic N) is 2. The number of aromatic nitrogens is 1. The second-order valence-electron chi connectivity index (χ2n) is 6.68. The van der Waals surface area contributed by atoms with Crippen LogP contribution in [0.1, 0.15) is 43.2 Å². The molecule has 0 radical (unpaired) electrons. The second-order valence-corrected chi connectivity index (χ2v) is 7.74. The van der Waals surface area contributed by atoms with Crippen LogP contribution in [0.3, 0.4) is 0 Å². The second kappa shape index (κ2) is 5.75. The summed E-state index contributed by atoms with van der Waals surface area (Å²) in [6.07, 6.45) is 6.59. The Kier molecular flexibility index (Phi) is 3.41. The van der Waals surface area contributed by atoms with Gasteiger partial charge in [-0.1, -0.05) is 36.8 Å². The Bertz CT molecular complexity index is 869. The molecule has 2 aliphatic rings. The molecule has 2 heterocycles. The first-order chi connectivity index (χ1) is 11.9. The smallest absolute Gasteiger partial charge is 0.126 e. The first-order valence-electron chi connectivity index (χ1n) is 8.83. The number of hydrogen-bond acceptors (Lipinski definition) is 3. The van der Waals surface area contributed by atoms with Gasteiger partial charge in [0.15, 0.2) is 0 Å². The van der Waals surface area contributed by atoms with Crippen LogP contribution >= 0.6 is 11.3 Å². The van der Waals surface area contributed by atoms with Gasteiger partial charge in [0.2, 0.25) is 0 Å². The van der Waals surface area contributed by atoms with Crippen LogP contribution in [-0.2, 0) is 0 Å². The molecular weight excluding hydrogens is 312 g/mol. The molecule has 2 nitrogen and oxygen atoms in total. The summed E-state index contributed by atoms with van der Waals surface area (Å²) in [6.45, 7) is 0. The lowest BCUT2D eigenvalue weighted by Crippen LogP contribution is -1.96. The summed E-state index contributed by atoms with van der Waals surface area (Å²) in [5, 5.41) is 1.24. The molecule has 0 bridgehead atoms. The van der Waals surface area contributed by atoms with Crippen LogP contribution in [-0.4, -0.2) is 4.98 Å². The number of rotatable bonds is 2. The Balaban J connectivity index is 1.59. The lowest BCUT2D eigenvalue weighted by molar-refractivity contribution is 0.596. The zero-order chi connectivity index (χ0) is 15.9. The first-order valence-corrected chi connectivity index (χ1v) is 9.65. The van der Waals surface area contributed by atoms with Crippen molar-refractivity contribution in [3.63, 3.8) is 0 Å². The Labute approximate surface area is 146 Å². The van der Waals surface area contributed by atoms with Crippen molar-refractivity contribution in [2.75, 3.05) is 4.90 Å². The van der Waals surface area contributed by atoms with Crippen LogP contribution in [0.4, 0.5) is 5.69 Å². The number of para-hydroxylation sites is 2. The van der Waals surface area contributed by atoms with Crippen LogP contribution in [0.25, 0.3) is 10.2 Å². The van der Waals surface area contributed by atoms with Gasteiger partial charge in [-0.15, -0.1) is 11.3 Å². The highest BCUT2D eigenvalue weighted by Crippen LogP contribution is 2.55. The molecule has 5 rings (SSSR count). The standard InChI is InChI=1S/C21H20N2S/c1-3-9-15(10-4-1)19-20(23(19)16-11-5-2-6-12-16)21-22-17-13-7-8-14-18(17)24-21/h2,5-8,11-14,20H,1,3-4,9-10H2. The van der Waals surface area contributed by atoms with Crippen LogP contribution < -0.4 is 4.90 Å². The molecule has 24 heavy (non-hydrogen) atoms. The first kappa shape index (κ1) is 14.2. The highest BCUT2D eigenvalue weighted by molar-refractivity contribution is 7.18. The molecule has 2 fully saturated rings. The molecule has 0 spiro atoms. The Morgan fingerprint density at radius 2 is 1.62 bits per heavy atom. The maximum absolute atomic E-state index is 4.94. The normalized spacial score (nSPS) is 20.7. The van der Waals surface area contributed by atoms with Crippen molar-refractivity contribution in [2.24, 2.45) is 0 Å². The van der Waals surface area contributed by atoms with Gasteiger partial charge in [-0.25, -0.2) is 4.98 Å². The highest BCUT2D eigenvalue weighted by atomic mass is 32.1. The third-order valence-electron chi connectivity index (χ3n) is 5.11. The number of thiazole rings is 1. The third-order valence-corrected chi connectivity index (χ3v) is 6.20. The van der Waals surface area contributed by atoms with E-state index in [-0.39, 0.29) is 0 Å². The molecule has 0 amide bonds. The van der Waals surface area contributed by atoms with E-state index in [1.807, 2.05) is 11.3 Å². The Morgan fingerprint density at radius 1 is 0.875 bits per heavy atom. The number of allylic oxidation sites excluding steroid dienone is 1. The minimum absolute atomic E-state index is 0.359. The zero-order valence-electron chi connectivity index (χ0n) is 13.6. The largest absolute Gasteiger partial charge is 0.327 e. The summed E-state index contributed by atoms with van der Waals surface area (Å²) >= 11 is 1.85. The van der Waals surface area contributed by atoms with Gasteiger partial charge in [0.1, 0.15) is 11.0 Å². The van der Waals surface area contributed by atoms with Crippen molar-refractivity contribution in [1.82, 2.24) is 4.98 Å². The predicted octanol–water partition coefficient (Wildman–Crippen LogP) is 6.08. The van der Waals surface area contributed by atoms with Gasteiger partial charge in [-0.2, -0.15) is 0 Å². The zero-order valence-corrected chi connectivity index (χ0v) is 14.4. The third kappa shape index (κ3) is 2.35. The van der Waals surface area contributed by atoms with E-state index in [0.29, 0.717) is 6.04 Å². The van der Waals surface area contributed by atoms with Crippen LogP contribution in [0.5, 0.6) is 0 Å². The molecule has 1 saturated heterocycles. The van der Waals surface area contributed by atoms with Crippen LogP contribution in [0.15, 0.2) is 65.9 Å². The molecule has 1 aromatic heterocycles. The van der Waals surface area contributed by atoms with Gasteiger partial charge < -0.3 is 4.90 Å². The number of anilines is 1. The van der Waals surface area contributed by atoms with E-state index in [4.69, 9.17) is 4.98 Å². The minimum atomic E-state index is 0.359. The molecule has 1 atom stereocenters. The van der Waals surface area contributed by atoms with Gasteiger partial charge in [0, 0.05) is 11.4 Å². The van der Waals surface area contributed by atoms with E-state index in [0.717, 1.165) is 5.52 Å². The van der Waals surface area contributed by atoms with Gasteiger partial charge in [0.25, 0.3) is 0 Å². The summed E-state index contributed by atoms with van der Waals surface area (Å²) in [4.78, 5) is 7.44. The monoisotopic (exact) mass is 332 g/mol. The van der Waals surface area contributed by atoms with Crippen molar-refractivity contribution in [3.05, 3.63) is 70.9 Å². The molecular formula is C21H20N2S. The molecule has 3 heteroatoms. The molecule has 1 aliphatic carbocycles. The van der Waals surface area contributed by atoms with Gasteiger partial charge in [-0.3, -0.25) is 0 Å². The van der Waals surface area contributed by atoms with Crippen molar-refractivity contribution in [2.45, 2.75) is 38.1 Å². The van der Waals surface area contributed by atoms with Crippen molar-refractivity contribution < 1.29 is 0 Å². The van der Waals surface area contributed by atoms with Crippen LogP contribution in [0.2, 0.25) is 0 Å². The van der Waals surface area contributed by atoms with Gasteiger partial charge in [-0.05, 0) is 55.5 Å². The Hall–Kier alpha value is -2.13. The molecule has 1 saturated carbocycles. The summed E-state index contributed by atoms with van der Waals surface area (Å²) in [5.41, 5.74) is 5.62. The molecule has 0 N–H and O–H groups in total. The molecule has 3 aromatic rings. The predicted molar refractivity (Wildman–Crippen MR) is 101 cm³/mol. The number of benzene rings is 2. The van der Waals surface area contributed by atoms with E-state index in [9.17, 15) is 0 Å². The maximum atomic E-state index is 4.94. The van der Waals surface area contributed by atoms with E-state index in [1.165, 1.54) is 53.2 Å². The molecule has 2 aromatic carbocycles. The van der Waals surface area contributed by atoms with Gasteiger partial charge in [0.05, 0.1) is 10.2 Å². The number of hydrogen-bond donors (Lipinski definition) is 0. The quantitative estimate of drug-likeness (QED) is 0.529. The fraction of sp³-hybridized carbons (Fsp3) is 0.286. The average molecular weight is 332 g/mol. The highest BCUT2D eigenvalue weighted by Gasteiger charge is 2.47. The summed E-state index contributed by atoms with van der Waals surface area (Å²) in [7, 11) is 0. The van der Waals surface area contributed by atoms with E-state index in [1.54, 1.807) is 5.57 Å².